The molecule has 0 saturated heterocycles. The summed E-state index contributed by atoms with van der Waals surface area (Å²) in [6.07, 6.45) is -11.2. The number of ether oxygens (including phenoxy) is 1. The van der Waals surface area contributed by atoms with Gasteiger partial charge in [-0.25, -0.2) is 13.1 Å². The summed E-state index contributed by atoms with van der Waals surface area (Å²) in [6.45, 7) is 1.41. The van der Waals surface area contributed by atoms with E-state index in [1.165, 1.54) is 12.1 Å². The van der Waals surface area contributed by atoms with E-state index in [1.807, 2.05) is 10.0 Å². The summed E-state index contributed by atoms with van der Waals surface area (Å²) in [5.74, 6) is -2.72. The zero-order valence-corrected chi connectivity index (χ0v) is 22.5. The van der Waals surface area contributed by atoms with E-state index < -0.39 is 69.0 Å². The van der Waals surface area contributed by atoms with E-state index in [9.17, 15) is 44.3 Å². The number of sulfonamides is 1. The van der Waals surface area contributed by atoms with Gasteiger partial charge < -0.3 is 10.1 Å². The smallest absolute Gasteiger partial charge is 0.416 e. The molecule has 0 aromatic heterocycles. The Kier molecular flexibility index (Phi) is 8.18. The number of rotatable bonds is 9. The van der Waals surface area contributed by atoms with Crippen LogP contribution in [0, 0.1) is 6.92 Å². The third kappa shape index (κ3) is 6.85. The molecule has 41 heavy (non-hydrogen) atoms. The van der Waals surface area contributed by atoms with Gasteiger partial charge in [0, 0.05) is 12.8 Å². The lowest BCUT2D eigenvalue weighted by molar-refractivity contribution is -0.201. The zero-order valence-electron chi connectivity index (χ0n) is 21.7. The molecule has 2 N–H and O–H groups in total. The van der Waals surface area contributed by atoms with Gasteiger partial charge in [0.25, 0.3) is 11.8 Å². The number of halogens is 6. The van der Waals surface area contributed by atoms with Crippen LogP contribution in [-0.2, 0) is 25.2 Å². The first-order chi connectivity index (χ1) is 19.0. The molecular weight excluding hydrogens is 578 g/mol. The number of amides is 2. The first-order valence-corrected chi connectivity index (χ1v) is 14.1. The SMILES string of the molecule is Cc1ccc(C2=C(C(=O)NS(=O)(=O)C3CC3)C(=O)NC(c3ccc(OCCCC(F)(F)F)cc3)(C(F)(F)F)C2)cc1. The molecule has 1 unspecified atom stereocenters. The molecule has 0 bridgehead atoms. The van der Waals surface area contributed by atoms with Crippen molar-refractivity contribution in [3.05, 3.63) is 70.8 Å². The standard InChI is InChI=1S/C27H26F6N2O5S/c1-16-3-5-17(6-4-16)21-15-25(27(31,32)33,18-7-9-19(10-8-18)40-14-2-13-26(28,29)30)34-23(36)22(21)24(37)35-41(38,39)20-11-12-20/h3-10,20H,2,11-15H2,1H3,(H,34,36)(H,35,37). The second-order valence-electron chi connectivity index (χ2n) is 10.0. The third-order valence-electron chi connectivity index (χ3n) is 6.83. The molecule has 1 aliphatic carbocycles. The Labute approximate surface area is 232 Å². The minimum atomic E-state index is -5.09. The number of carbonyl (C=O) groups is 2. The van der Waals surface area contributed by atoms with Gasteiger partial charge in [-0.05, 0) is 55.0 Å². The first-order valence-electron chi connectivity index (χ1n) is 12.6. The Morgan fingerprint density at radius 2 is 1.63 bits per heavy atom. The molecule has 2 aromatic carbocycles. The summed E-state index contributed by atoms with van der Waals surface area (Å²) >= 11 is 0. The Bertz CT molecular complexity index is 1450. The lowest BCUT2D eigenvalue weighted by atomic mass is 9.76. The average Bonchev–Trinajstić information content (AvgIpc) is 3.72. The van der Waals surface area contributed by atoms with Crippen molar-refractivity contribution in [1.82, 2.24) is 10.0 Å². The number of hydrogen-bond donors (Lipinski definition) is 2. The van der Waals surface area contributed by atoms with E-state index in [2.05, 4.69) is 0 Å². The normalized spacial score (nSPS) is 20.0. The predicted molar refractivity (Wildman–Crippen MR) is 136 cm³/mol. The van der Waals surface area contributed by atoms with Crippen LogP contribution in [0.4, 0.5) is 26.3 Å². The molecule has 1 atom stereocenters. The van der Waals surface area contributed by atoms with Crippen LogP contribution in [-0.4, -0.2) is 44.4 Å². The van der Waals surface area contributed by atoms with Gasteiger partial charge in [-0.15, -0.1) is 0 Å². The summed E-state index contributed by atoms with van der Waals surface area (Å²) in [5, 5.41) is 1.09. The quantitative estimate of drug-likeness (QED) is 0.237. The maximum atomic E-state index is 14.8. The van der Waals surface area contributed by atoms with Crippen LogP contribution in [0.25, 0.3) is 5.57 Å². The largest absolute Gasteiger partial charge is 0.494 e. The van der Waals surface area contributed by atoms with E-state index in [4.69, 9.17) is 4.74 Å². The van der Waals surface area contributed by atoms with Crippen LogP contribution in [0.1, 0.15) is 48.8 Å². The number of benzene rings is 2. The van der Waals surface area contributed by atoms with Crippen LogP contribution in [0.5, 0.6) is 5.75 Å². The minimum absolute atomic E-state index is 0.0232. The van der Waals surface area contributed by atoms with Gasteiger partial charge in [0.05, 0.1) is 11.9 Å². The van der Waals surface area contributed by atoms with E-state index in [0.717, 1.165) is 29.8 Å². The van der Waals surface area contributed by atoms with Gasteiger partial charge >= 0.3 is 12.4 Å². The molecule has 1 heterocycles. The Morgan fingerprint density at radius 3 is 2.17 bits per heavy atom. The number of alkyl halides is 6. The van der Waals surface area contributed by atoms with E-state index in [1.54, 1.807) is 19.1 Å². The van der Waals surface area contributed by atoms with Crippen LogP contribution < -0.4 is 14.8 Å². The second kappa shape index (κ2) is 11.0. The van der Waals surface area contributed by atoms with Crippen molar-refractivity contribution in [3.63, 3.8) is 0 Å². The maximum absolute atomic E-state index is 14.8. The Hall–Kier alpha value is -3.55. The molecular formula is C27H26F6N2O5S. The molecule has 14 heteroatoms. The number of hydrogen-bond acceptors (Lipinski definition) is 5. The summed E-state index contributed by atoms with van der Waals surface area (Å²) in [6, 6.07) is 10.4. The van der Waals surface area contributed by atoms with Crippen LogP contribution in [0.3, 0.4) is 0 Å². The fraction of sp³-hybridized carbons (Fsp3) is 0.407. The molecule has 2 amide bonds. The topological polar surface area (TPSA) is 102 Å². The molecule has 4 rings (SSSR count). The molecule has 2 aliphatic rings. The first kappa shape index (κ1) is 30.4. The maximum Gasteiger partial charge on any atom is 0.416 e. The molecule has 0 spiro atoms. The molecule has 2 aromatic rings. The van der Waals surface area contributed by atoms with Crippen LogP contribution >= 0.6 is 0 Å². The highest BCUT2D eigenvalue weighted by atomic mass is 32.2. The van der Waals surface area contributed by atoms with Gasteiger partial charge in [-0.2, -0.15) is 26.3 Å². The fourth-order valence-corrected chi connectivity index (χ4v) is 5.77. The highest BCUT2D eigenvalue weighted by Crippen LogP contribution is 2.48. The van der Waals surface area contributed by atoms with Crippen molar-refractivity contribution >= 4 is 27.4 Å². The Morgan fingerprint density at radius 1 is 1.02 bits per heavy atom. The third-order valence-corrected chi connectivity index (χ3v) is 8.65. The fourth-order valence-electron chi connectivity index (χ4n) is 4.48. The van der Waals surface area contributed by atoms with Gasteiger partial charge in [-0.1, -0.05) is 42.0 Å². The molecule has 0 radical (unpaired) electrons. The number of carbonyl (C=O) groups excluding carboxylic acids is 2. The lowest BCUT2D eigenvalue weighted by Crippen LogP contribution is -2.60. The van der Waals surface area contributed by atoms with Gasteiger partial charge in [0.1, 0.15) is 11.3 Å². The van der Waals surface area contributed by atoms with Crippen molar-refractivity contribution in [2.24, 2.45) is 0 Å². The minimum Gasteiger partial charge on any atom is -0.494 e. The van der Waals surface area contributed by atoms with Crippen molar-refractivity contribution in [2.75, 3.05) is 6.61 Å². The van der Waals surface area contributed by atoms with Crippen molar-refractivity contribution in [2.45, 2.75) is 62.2 Å². The van der Waals surface area contributed by atoms with Crippen molar-refractivity contribution in [3.8, 4) is 5.75 Å². The summed E-state index contributed by atoms with van der Waals surface area (Å²) in [7, 11) is -4.12. The van der Waals surface area contributed by atoms with Gasteiger partial charge in [0.2, 0.25) is 10.0 Å². The lowest BCUT2D eigenvalue weighted by Gasteiger charge is -2.41. The molecule has 1 saturated carbocycles. The number of nitrogens with one attached hydrogen (secondary N) is 2. The molecule has 222 valence electrons. The molecule has 7 nitrogen and oxygen atoms in total. The zero-order chi connectivity index (χ0) is 30.2. The van der Waals surface area contributed by atoms with E-state index >= 15 is 0 Å². The highest BCUT2D eigenvalue weighted by Gasteiger charge is 2.60. The molecule has 1 aliphatic heterocycles. The summed E-state index contributed by atoms with van der Waals surface area (Å²) in [4.78, 5) is 26.3. The van der Waals surface area contributed by atoms with Gasteiger partial charge in [-0.3, -0.25) is 9.59 Å². The van der Waals surface area contributed by atoms with Crippen LogP contribution in [0.2, 0.25) is 0 Å². The number of aryl methyl sites for hydroxylation is 1. The highest BCUT2D eigenvalue weighted by molar-refractivity contribution is 7.91. The summed E-state index contributed by atoms with van der Waals surface area (Å²) in [5.41, 5.74) is -3.61. The monoisotopic (exact) mass is 604 g/mol. The van der Waals surface area contributed by atoms with E-state index in [-0.39, 0.29) is 29.9 Å². The average molecular weight is 605 g/mol. The van der Waals surface area contributed by atoms with Crippen LogP contribution in [0.15, 0.2) is 54.1 Å². The van der Waals surface area contributed by atoms with Gasteiger partial charge in [0.15, 0.2) is 5.54 Å². The van der Waals surface area contributed by atoms with Crippen molar-refractivity contribution < 1.29 is 49.1 Å². The van der Waals surface area contributed by atoms with E-state index in [0.29, 0.717) is 12.8 Å². The molecule has 1 fully saturated rings. The second-order valence-corrected chi connectivity index (χ2v) is 12.0. The predicted octanol–water partition coefficient (Wildman–Crippen LogP) is 5.06. The summed E-state index contributed by atoms with van der Waals surface area (Å²) < 4.78 is 113. The van der Waals surface area contributed by atoms with Crippen molar-refractivity contribution in [1.29, 1.82) is 0 Å². The Balaban J connectivity index is 1.71.